The van der Waals surface area contributed by atoms with E-state index in [2.05, 4.69) is 21.2 Å². The van der Waals surface area contributed by atoms with E-state index in [4.69, 9.17) is 5.73 Å². The molecule has 0 fully saturated rings. The van der Waals surface area contributed by atoms with Gasteiger partial charge in [0, 0.05) is 23.0 Å². The predicted octanol–water partition coefficient (Wildman–Crippen LogP) is 1.20. The quantitative estimate of drug-likeness (QED) is 0.625. The van der Waals surface area contributed by atoms with E-state index in [0.29, 0.717) is 28.7 Å². The first-order valence-corrected chi connectivity index (χ1v) is 8.16. The lowest BCUT2D eigenvalue weighted by Crippen LogP contribution is -2.26. The molecule has 0 saturated carbocycles. The Morgan fingerprint density at radius 2 is 2.11 bits per heavy atom. The van der Waals surface area contributed by atoms with Crippen molar-refractivity contribution in [3.05, 3.63) is 28.2 Å². The lowest BCUT2D eigenvalue weighted by atomic mass is 10.2. The van der Waals surface area contributed by atoms with Crippen LogP contribution in [0.2, 0.25) is 0 Å². The van der Waals surface area contributed by atoms with Gasteiger partial charge < -0.3 is 11.1 Å². The average molecular weight is 335 g/mol. The van der Waals surface area contributed by atoms with E-state index < -0.39 is 9.84 Å². The Labute approximate surface area is 115 Å². The number of nitrogen functional groups attached to an aromatic ring is 1. The van der Waals surface area contributed by atoms with E-state index in [1.807, 2.05) is 0 Å². The van der Waals surface area contributed by atoms with Crippen LogP contribution in [0.5, 0.6) is 0 Å². The molecule has 0 aliphatic rings. The van der Waals surface area contributed by atoms with Crippen LogP contribution >= 0.6 is 15.9 Å². The van der Waals surface area contributed by atoms with Crippen LogP contribution in [0.4, 0.5) is 5.69 Å². The van der Waals surface area contributed by atoms with Gasteiger partial charge in [-0.05, 0) is 40.5 Å². The van der Waals surface area contributed by atoms with Crippen LogP contribution in [0, 0.1) is 0 Å². The number of sulfone groups is 1. The molecule has 0 heterocycles. The maximum absolute atomic E-state index is 11.8. The molecule has 0 aromatic heterocycles. The molecule has 0 aliphatic carbocycles. The van der Waals surface area contributed by atoms with Crippen LogP contribution in [-0.4, -0.2) is 32.9 Å². The molecule has 1 aromatic rings. The van der Waals surface area contributed by atoms with Crippen molar-refractivity contribution in [2.75, 3.05) is 24.3 Å². The third kappa shape index (κ3) is 5.05. The maximum atomic E-state index is 11.8. The Bertz CT molecular complexity index is 543. The minimum atomic E-state index is -2.98. The van der Waals surface area contributed by atoms with Crippen LogP contribution in [0.25, 0.3) is 0 Å². The van der Waals surface area contributed by atoms with Crippen molar-refractivity contribution in [3.8, 4) is 0 Å². The normalized spacial score (nSPS) is 11.2. The Hall–Kier alpha value is -1.08. The summed E-state index contributed by atoms with van der Waals surface area (Å²) in [5, 5.41) is 2.65. The summed E-state index contributed by atoms with van der Waals surface area (Å²) in [5.41, 5.74) is 6.54. The lowest BCUT2D eigenvalue weighted by molar-refractivity contribution is 0.0953. The standard InChI is InChI=1S/C11H15BrN2O3S/c1-18(16,17)6-2-5-14-11(15)9-7-8(13)3-4-10(9)12/h3-4,7H,2,5-6,13H2,1H3,(H,14,15). The number of benzene rings is 1. The Balaban J connectivity index is 2.53. The highest BCUT2D eigenvalue weighted by atomic mass is 79.9. The summed E-state index contributed by atoms with van der Waals surface area (Å²) in [6, 6.07) is 4.95. The smallest absolute Gasteiger partial charge is 0.252 e. The molecule has 0 spiro atoms. The van der Waals surface area contributed by atoms with Gasteiger partial charge in [0.1, 0.15) is 9.84 Å². The van der Waals surface area contributed by atoms with E-state index in [1.54, 1.807) is 18.2 Å². The highest BCUT2D eigenvalue weighted by Crippen LogP contribution is 2.19. The zero-order valence-corrected chi connectivity index (χ0v) is 12.3. The second-order valence-corrected chi connectivity index (χ2v) is 7.09. The van der Waals surface area contributed by atoms with Crippen molar-refractivity contribution < 1.29 is 13.2 Å². The van der Waals surface area contributed by atoms with Crippen molar-refractivity contribution in [2.45, 2.75) is 6.42 Å². The van der Waals surface area contributed by atoms with Crippen molar-refractivity contribution in [1.29, 1.82) is 0 Å². The van der Waals surface area contributed by atoms with Gasteiger partial charge in [0.15, 0.2) is 0 Å². The fraction of sp³-hybridized carbons (Fsp3) is 0.364. The van der Waals surface area contributed by atoms with Crippen LogP contribution in [0.1, 0.15) is 16.8 Å². The summed E-state index contributed by atoms with van der Waals surface area (Å²) in [6.07, 6.45) is 1.56. The number of hydrogen-bond acceptors (Lipinski definition) is 4. The molecule has 0 saturated heterocycles. The molecule has 3 N–H and O–H groups in total. The number of carbonyl (C=O) groups is 1. The van der Waals surface area contributed by atoms with Gasteiger partial charge in [-0.1, -0.05) is 0 Å². The van der Waals surface area contributed by atoms with E-state index >= 15 is 0 Å². The zero-order valence-electron chi connectivity index (χ0n) is 9.94. The van der Waals surface area contributed by atoms with Crippen LogP contribution in [0.3, 0.4) is 0 Å². The van der Waals surface area contributed by atoms with Gasteiger partial charge in [0.05, 0.1) is 11.3 Å². The second-order valence-electron chi connectivity index (χ2n) is 3.98. The first-order valence-electron chi connectivity index (χ1n) is 5.30. The number of hydrogen-bond donors (Lipinski definition) is 2. The summed E-state index contributed by atoms with van der Waals surface area (Å²) in [4.78, 5) is 11.8. The first-order chi connectivity index (χ1) is 8.29. The van der Waals surface area contributed by atoms with Gasteiger partial charge in [0.2, 0.25) is 0 Å². The summed E-state index contributed by atoms with van der Waals surface area (Å²) in [7, 11) is -2.98. The minimum Gasteiger partial charge on any atom is -0.399 e. The molecular weight excluding hydrogens is 320 g/mol. The summed E-state index contributed by atoms with van der Waals surface area (Å²) in [5.74, 6) is -0.214. The number of nitrogens with one attached hydrogen (secondary N) is 1. The van der Waals surface area contributed by atoms with Crippen molar-refractivity contribution in [3.63, 3.8) is 0 Å². The number of rotatable bonds is 5. The third-order valence-corrected chi connectivity index (χ3v) is 3.93. The Kier molecular flexibility index (Phi) is 5.15. The SMILES string of the molecule is CS(=O)(=O)CCCNC(=O)c1cc(N)ccc1Br. The molecule has 18 heavy (non-hydrogen) atoms. The molecule has 5 nitrogen and oxygen atoms in total. The van der Waals surface area contributed by atoms with Crippen molar-refractivity contribution >= 4 is 37.4 Å². The number of carbonyl (C=O) groups excluding carboxylic acids is 1. The van der Waals surface area contributed by atoms with Crippen LogP contribution < -0.4 is 11.1 Å². The topological polar surface area (TPSA) is 89.3 Å². The van der Waals surface area contributed by atoms with Gasteiger partial charge >= 0.3 is 0 Å². The van der Waals surface area contributed by atoms with E-state index in [1.165, 1.54) is 6.26 Å². The number of halogens is 1. The molecule has 0 bridgehead atoms. The summed E-state index contributed by atoms with van der Waals surface area (Å²) >= 11 is 3.26. The van der Waals surface area contributed by atoms with E-state index in [9.17, 15) is 13.2 Å². The monoisotopic (exact) mass is 334 g/mol. The third-order valence-electron chi connectivity index (χ3n) is 2.21. The van der Waals surface area contributed by atoms with Gasteiger partial charge in [-0.25, -0.2) is 8.42 Å². The van der Waals surface area contributed by atoms with Crippen LogP contribution in [-0.2, 0) is 9.84 Å². The molecule has 0 atom stereocenters. The van der Waals surface area contributed by atoms with Gasteiger partial charge in [-0.15, -0.1) is 0 Å². The number of nitrogens with two attached hydrogens (primary N) is 1. The molecule has 100 valence electrons. The molecule has 1 aromatic carbocycles. The highest BCUT2D eigenvalue weighted by Gasteiger charge is 2.10. The number of anilines is 1. The zero-order chi connectivity index (χ0) is 13.8. The lowest BCUT2D eigenvalue weighted by Gasteiger charge is -2.07. The predicted molar refractivity (Wildman–Crippen MR) is 75.2 cm³/mol. The van der Waals surface area contributed by atoms with Gasteiger partial charge in [-0.2, -0.15) is 0 Å². The van der Waals surface area contributed by atoms with Crippen molar-refractivity contribution in [1.82, 2.24) is 5.32 Å². The first kappa shape index (κ1) is 15.0. The van der Waals surface area contributed by atoms with Crippen molar-refractivity contribution in [2.24, 2.45) is 0 Å². The average Bonchev–Trinajstić information content (AvgIpc) is 2.26. The Morgan fingerprint density at radius 1 is 1.44 bits per heavy atom. The molecule has 7 heteroatoms. The highest BCUT2D eigenvalue weighted by molar-refractivity contribution is 9.10. The molecule has 0 aliphatic heterocycles. The fourth-order valence-corrected chi connectivity index (χ4v) is 2.44. The van der Waals surface area contributed by atoms with Gasteiger partial charge in [-0.3, -0.25) is 4.79 Å². The van der Waals surface area contributed by atoms with Gasteiger partial charge in [0.25, 0.3) is 5.91 Å². The van der Waals surface area contributed by atoms with E-state index in [-0.39, 0.29) is 11.7 Å². The molecule has 1 rings (SSSR count). The fourth-order valence-electron chi connectivity index (χ4n) is 1.35. The molecular formula is C11H15BrN2O3S. The Morgan fingerprint density at radius 3 is 2.72 bits per heavy atom. The summed E-state index contributed by atoms with van der Waals surface area (Å²) in [6.45, 7) is 0.313. The van der Waals surface area contributed by atoms with Crippen LogP contribution in [0.15, 0.2) is 22.7 Å². The maximum Gasteiger partial charge on any atom is 0.252 e. The second kappa shape index (κ2) is 6.19. The molecule has 0 unspecified atom stereocenters. The summed E-state index contributed by atoms with van der Waals surface area (Å²) < 4.78 is 22.5. The largest absolute Gasteiger partial charge is 0.399 e. The molecule has 1 amide bonds. The molecule has 0 radical (unpaired) electrons. The minimum absolute atomic E-state index is 0.0609. The number of amides is 1. The van der Waals surface area contributed by atoms with E-state index in [0.717, 1.165) is 0 Å².